The first-order valence-electron chi connectivity index (χ1n) is 7.06. The number of hydrogen-bond acceptors (Lipinski definition) is 3. The summed E-state index contributed by atoms with van der Waals surface area (Å²) in [6.07, 6.45) is 0. The maximum absolute atomic E-state index is 12.4. The molecular formula is C18H14ClNO3. The number of aryl methyl sites for hydroxylation is 2. The van der Waals surface area contributed by atoms with Gasteiger partial charge in [0.15, 0.2) is 0 Å². The third-order valence-electron chi connectivity index (χ3n) is 3.56. The van der Waals surface area contributed by atoms with Gasteiger partial charge in [0, 0.05) is 5.39 Å². The number of fused-ring (bicyclic) bond motifs is 1. The summed E-state index contributed by atoms with van der Waals surface area (Å²) in [4.78, 5) is 24.5. The van der Waals surface area contributed by atoms with Crippen LogP contribution in [0.1, 0.15) is 21.5 Å². The highest BCUT2D eigenvalue weighted by Gasteiger charge is 2.16. The van der Waals surface area contributed by atoms with Crippen molar-refractivity contribution in [1.29, 1.82) is 0 Å². The Kier molecular flexibility index (Phi) is 3.92. The fourth-order valence-electron chi connectivity index (χ4n) is 2.48. The van der Waals surface area contributed by atoms with Gasteiger partial charge >= 0.3 is 5.63 Å². The fraction of sp³-hybridized carbons (Fsp3) is 0.111. The number of anilines is 1. The van der Waals surface area contributed by atoms with Crippen molar-refractivity contribution in [2.75, 3.05) is 5.32 Å². The highest BCUT2D eigenvalue weighted by Crippen LogP contribution is 2.27. The highest BCUT2D eigenvalue weighted by molar-refractivity contribution is 6.34. The van der Waals surface area contributed by atoms with Crippen molar-refractivity contribution in [3.63, 3.8) is 0 Å². The molecule has 0 saturated heterocycles. The number of hydrogen-bond donors (Lipinski definition) is 1. The molecule has 0 radical (unpaired) electrons. The zero-order valence-corrected chi connectivity index (χ0v) is 13.4. The molecule has 0 fully saturated rings. The van der Waals surface area contributed by atoms with Gasteiger partial charge in [0.2, 0.25) is 0 Å². The summed E-state index contributed by atoms with van der Waals surface area (Å²) in [6.45, 7) is 3.76. The van der Waals surface area contributed by atoms with Crippen LogP contribution in [0.4, 0.5) is 5.69 Å². The van der Waals surface area contributed by atoms with Gasteiger partial charge in [-0.05, 0) is 43.2 Å². The molecule has 4 nitrogen and oxygen atoms in total. The van der Waals surface area contributed by atoms with Gasteiger partial charge in [0.25, 0.3) is 5.91 Å². The van der Waals surface area contributed by atoms with Crippen LogP contribution >= 0.6 is 11.6 Å². The van der Waals surface area contributed by atoms with Gasteiger partial charge in [-0.2, -0.15) is 0 Å². The molecule has 0 spiro atoms. The lowest BCUT2D eigenvalue weighted by molar-refractivity contribution is 0.102. The molecule has 0 atom stereocenters. The number of amides is 1. The van der Waals surface area contributed by atoms with Crippen molar-refractivity contribution in [1.82, 2.24) is 0 Å². The molecule has 1 amide bonds. The molecule has 3 aromatic rings. The Labute approximate surface area is 137 Å². The van der Waals surface area contributed by atoms with Crippen LogP contribution in [-0.4, -0.2) is 5.91 Å². The summed E-state index contributed by atoms with van der Waals surface area (Å²) < 4.78 is 5.18. The maximum atomic E-state index is 12.4. The van der Waals surface area contributed by atoms with E-state index in [4.69, 9.17) is 16.0 Å². The fourth-order valence-corrected chi connectivity index (χ4v) is 2.84. The maximum Gasteiger partial charge on any atom is 0.349 e. The van der Waals surface area contributed by atoms with E-state index in [0.717, 1.165) is 11.1 Å². The van der Waals surface area contributed by atoms with Gasteiger partial charge in [-0.3, -0.25) is 4.79 Å². The average Bonchev–Trinajstić information content (AvgIpc) is 2.50. The zero-order valence-electron chi connectivity index (χ0n) is 12.6. The highest BCUT2D eigenvalue weighted by atomic mass is 35.5. The van der Waals surface area contributed by atoms with Gasteiger partial charge in [-0.1, -0.05) is 35.9 Å². The number of carbonyl (C=O) groups excluding carboxylic acids is 1. The normalized spacial score (nSPS) is 10.7. The minimum absolute atomic E-state index is 0.0558. The first kappa shape index (κ1) is 15.3. The van der Waals surface area contributed by atoms with E-state index in [2.05, 4.69) is 5.32 Å². The molecule has 0 bridgehead atoms. The molecule has 3 rings (SSSR count). The van der Waals surface area contributed by atoms with E-state index in [1.807, 2.05) is 26.0 Å². The minimum atomic E-state index is -0.679. The summed E-state index contributed by atoms with van der Waals surface area (Å²) in [7, 11) is 0. The van der Waals surface area contributed by atoms with E-state index >= 15 is 0 Å². The van der Waals surface area contributed by atoms with E-state index in [1.165, 1.54) is 6.07 Å². The monoisotopic (exact) mass is 327 g/mol. The van der Waals surface area contributed by atoms with Crippen LogP contribution in [0.5, 0.6) is 0 Å². The van der Waals surface area contributed by atoms with E-state index in [0.29, 0.717) is 21.7 Å². The summed E-state index contributed by atoms with van der Waals surface area (Å²) >= 11 is 6.18. The van der Waals surface area contributed by atoms with Crippen LogP contribution in [0.15, 0.2) is 51.7 Å². The average molecular weight is 328 g/mol. The lowest BCUT2D eigenvalue weighted by atomic mass is 10.1. The number of nitrogens with one attached hydrogen (secondary N) is 1. The lowest BCUT2D eigenvalue weighted by Crippen LogP contribution is -2.21. The smallest absolute Gasteiger partial charge is 0.349 e. The van der Waals surface area contributed by atoms with Crippen molar-refractivity contribution in [3.05, 3.63) is 74.6 Å². The molecule has 5 heteroatoms. The molecule has 116 valence electrons. The Morgan fingerprint density at radius 2 is 1.87 bits per heavy atom. The Balaban J connectivity index is 2.02. The Morgan fingerprint density at radius 3 is 2.61 bits per heavy atom. The Bertz CT molecular complexity index is 952. The zero-order chi connectivity index (χ0) is 16.6. The van der Waals surface area contributed by atoms with Gasteiger partial charge < -0.3 is 9.73 Å². The second-order valence-corrected chi connectivity index (χ2v) is 5.79. The SMILES string of the molecule is Cc1cc(C)c(NC(=O)c2cc3ccccc3oc2=O)c(Cl)c1. The van der Waals surface area contributed by atoms with Gasteiger partial charge in [-0.15, -0.1) is 0 Å². The third kappa shape index (κ3) is 2.98. The predicted molar refractivity (Wildman–Crippen MR) is 91.4 cm³/mol. The number of halogens is 1. The van der Waals surface area contributed by atoms with Gasteiger partial charge in [-0.25, -0.2) is 4.79 Å². The van der Waals surface area contributed by atoms with E-state index < -0.39 is 11.5 Å². The van der Waals surface area contributed by atoms with Crippen LogP contribution in [0.25, 0.3) is 11.0 Å². The molecule has 23 heavy (non-hydrogen) atoms. The first-order chi connectivity index (χ1) is 11.0. The number of benzene rings is 2. The number of carbonyl (C=O) groups is 1. The van der Waals surface area contributed by atoms with Gasteiger partial charge in [0.1, 0.15) is 11.1 Å². The van der Waals surface area contributed by atoms with Crippen molar-refractivity contribution >= 4 is 34.2 Å². The third-order valence-corrected chi connectivity index (χ3v) is 3.85. The Hall–Kier alpha value is -2.59. The van der Waals surface area contributed by atoms with Crippen molar-refractivity contribution in [2.24, 2.45) is 0 Å². The summed E-state index contributed by atoms with van der Waals surface area (Å²) in [5.41, 5.74) is 2.03. The first-order valence-corrected chi connectivity index (χ1v) is 7.44. The molecule has 2 aromatic carbocycles. The largest absolute Gasteiger partial charge is 0.422 e. The van der Waals surface area contributed by atoms with E-state index in [9.17, 15) is 9.59 Å². The van der Waals surface area contributed by atoms with Crippen LogP contribution in [0.2, 0.25) is 5.02 Å². The van der Waals surface area contributed by atoms with Crippen LogP contribution in [0, 0.1) is 13.8 Å². The standard InChI is InChI=1S/C18H14ClNO3/c1-10-7-11(2)16(14(19)8-10)20-17(21)13-9-12-5-3-4-6-15(12)23-18(13)22/h3-9H,1-2H3,(H,20,21). The molecular weight excluding hydrogens is 314 g/mol. The van der Waals surface area contributed by atoms with Crippen molar-refractivity contribution in [2.45, 2.75) is 13.8 Å². The number of rotatable bonds is 2. The quantitative estimate of drug-likeness (QED) is 0.713. The minimum Gasteiger partial charge on any atom is -0.422 e. The van der Waals surface area contributed by atoms with Crippen molar-refractivity contribution < 1.29 is 9.21 Å². The molecule has 0 saturated carbocycles. The number of para-hydroxylation sites is 1. The van der Waals surface area contributed by atoms with Crippen LogP contribution in [-0.2, 0) is 0 Å². The summed E-state index contributed by atoms with van der Waals surface area (Å²) in [5, 5.41) is 3.81. The summed E-state index contributed by atoms with van der Waals surface area (Å²) in [6, 6.07) is 12.2. The van der Waals surface area contributed by atoms with Crippen LogP contribution < -0.4 is 10.9 Å². The molecule has 0 aliphatic heterocycles. The molecule has 0 aliphatic carbocycles. The van der Waals surface area contributed by atoms with Crippen molar-refractivity contribution in [3.8, 4) is 0 Å². The van der Waals surface area contributed by atoms with E-state index in [-0.39, 0.29) is 5.56 Å². The predicted octanol–water partition coefficient (Wildman–Crippen LogP) is 4.32. The topological polar surface area (TPSA) is 59.3 Å². The lowest BCUT2D eigenvalue weighted by Gasteiger charge is -2.11. The molecule has 0 aliphatic rings. The molecule has 1 heterocycles. The molecule has 0 unspecified atom stereocenters. The molecule has 1 N–H and O–H groups in total. The molecule has 1 aromatic heterocycles. The second-order valence-electron chi connectivity index (χ2n) is 5.38. The van der Waals surface area contributed by atoms with Crippen LogP contribution in [0.3, 0.4) is 0 Å². The van der Waals surface area contributed by atoms with Gasteiger partial charge in [0.05, 0.1) is 10.7 Å². The second kappa shape index (κ2) is 5.89. The summed E-state index contributed by atoms with van der Waals surface area (Å²) in [5.74, 6) is -0.543. The van der Waals surface area contributed by atoms with E-state index in [1.54, 1.807) is 24.3 Å². The Morgan fingerprint density at radius 1 is 1.13 bits per heavy atom.